The molecule has 0 amide bonds. The lowest BCUT2D eigenvalue weighted by Crippen LogP contribution is -2.15. The third-order valence-electron chi connectivity index (χ3n) is 1.45. The fourth-order valence-corrected chi connectivity index (χ4v) is 1.09. The van der Waals surface area contributed by atoms with Gasteiger partial charge in [-0.2, -0.15) is 0 Å². The predicted octanol–water partition coefficient (Wildman–Crippen LogP) is 1.79. The molecule has 0 fully saturated rings. The maximum absolute atomic E-state index is 5.14. The van der Waals surface area contributed by atoms with E-state index in [4.69, 9.17) is 12.2 Å². The van der Waals surface area contributed by atoms with E-state index in [0.29, 0.717) is 5.11 Å². The first-order valence-electron chi connectivity index (χ1n) is 4.38. The molecule has 0 bridgehead atoms. The molecule has 4 nitrogen and oxygen atoms in total. The molecule has 0 N–H and O–H groups in total. The lowest BCUT2D eigenvalue weighted by atomic mass is 10.8. The molecule has 0 saturated heterocycles. The summed E-state index contributed by atoms with van der Waals surface area (Å²) in [5.41, 5.74) is 0. The maximum Gasteiger partial charge on any atom is 0.190 e. The van der Waals surface area contributed by atoms with Gasteiger partial charge in [0.15, 0.2) is 5.11 Å². The molecule has 0 unspecified atom stereocenters. The highest BCUT2D eigenvalue weighted by Crippen LogP contribution is 1.92. The van der Waals surface area contributed by atoms with E-state index in [0.717, 1.165) is 0 Å². The van der Waals surface area contributed by atoms with E-state index < -0.39 is 0 Å². The molecule has 0 saturated carbocycles. The number of rotatable bonds is 0. The van der Waals surface area contributed by atoms with Crippen molar-refractivity contribution in [1.29, 1.82) is 0 Å². The summed E-state index contributed by atoms with van der Waals surface area (Å²) < 4.78 is 3.49. The van der Waals surface area contributed by atoms with Crippen LogP contribution in [0.3, 0.4) is 0 Å². The standard InChI is InChI=1S/C7H6N4S.C2H6/c12-7(10-3-1-8-5-10)11-4-2-9-6-11;1-2/h1-6H;1-2H3. The molecule has 2 aromatic heterocycles. The van der Waals surface area contributed by atoms with Crippen molar-refractivity contribution < 1.29 is 0 Å². The highest BCUT2D eigenvalue weighted by molar-refractivity contribution is 7.80. The largest absolute Gasteiger partial charge is 0.282 e. The zero-order valence-corrected chi connectivity index (χ0v) is 8.98. The Bertz CT molecular complexity index is 327. The Labute approximate surface area is 88.2 Å². The summed E-state index contributed by atoms with van der Waals surface area (Å²) in [6.45, 7) is 4.00. The van der Waals surface area contributed by atoms with Crippen molar-refractivity contribution in [3.63, 3.8) is 0 Å². The molecule has 14 heavy (non-hydrogen) atoms. The molecule has 0 aromatic carbocycles. The summed E-state index contributed by atoms with van der Waals surface area (Å²) in [6.07, 6.45) is 10.3. The zero-order valence-electron chi connectivity index (χ0n) is 8.16. The normalized spacial score (nSPS) is 9.00. The highest BCUT2D eigenvalue weighted by Gasteiger charge is 1.99. The topological polar surface area (TPSA) is 35.6 Å². The number of thiocarbonyl (C=S) groups is 1. The van der Waals surface area contributed by atoms with Gasteiger partial charge in [-0.1, -0.05) is 13.8 Å². The van der Waals surface area contributed by atoms with Crippen molar-refractivity contribution >= 4 is 17.3 Å². The van der Waals surface area contributed by atoms with Crippen LogP contribution in [0.15, 0.2) is 37.4 Å². The van der Waals surface area contributed by atoms with Crippen molar-refractivity contribution in [3.05, 3.63) is 37.4 Å². The quantitative estimate of drug-likeness (QED) is 0.619. The summed E-state index contributed by atoms with van der Waals surface area (Å²) in [5, 5.41) is 0.644. The van der Waals surface area contributed by atoms with Gasteiger partial charge in [0, 0.05) is 24.8 Å². The first-order valence-corrected chi connectivity index (χ1v) is 4.79. The van der Waals surface area contributed by atoms with Crippen LogP contribution in [0.25, 0.3) is 0 Å². The fraction of sp³-hybridized carbons (Fsp3) is 0.222. The van der Waals surface area contributed by atoms with E-state index in [1.807, 2.05) is 13.8 Å². The molecule has 5 heteroatoms. The van der Waals surface area contributed by atoms with Gasteiger partial charge in [-0.05, 0) is 12.2 Å². The van der Waals surface area contributed by atoms with Crippen LogP contribution in [0.5, 0.6) is 0 Å². The summed E-state index contributed by atoms with van der Waals surface area (Å²) in [6, 6.07) is 0. The van der Waals surface area contributed by atoms with Crippen LogP contribution in [0.2, 0.25) is 0 Å². The van der Waals surface area contributed by atoms with Gasteiger partial charge in [-0.15, -0.1) is 0 Å². The Kier molecular flexibility index (Phi) is 4.00. The summed E-state index contributed by atoms with van der Waals surface area (Å²) in [4.78, 5) is 7.79. The first kappa shape index (κ1) is 10.6. The van der Waals surface area contributed by atoms with Crippen LogP contribution in [-0.4, -0.2) is 24.2 Å². The van der Waals surface area contributed by atoms with Crippen LogP contribution in [0, 0.1) is 0 Å². The monoisotopic (exact) mass is 208 g/mol. The van der Waals surface area contributed by atoms with Gasteiger partial charge >= 0.3 is 0 Å². The van der Waals surface area contributed by atoms with E-state index in [1.54, 1.807) is 46.6 Å². The third-order valence-corrected chi connectivity index (χ3v) is 1.87. The van der Waals surface area contributed by atoms with Crippen LogP contribution >= 0.6 is 12.2 Å². The molecule has 0 atom stereocenters. The van der Waals surface area contributed by atoms with Gasteiger partial charge in [0.1, 0.15) is 12.7 Å². The molecule has 2 rings (SSSR count). The second-order valence-corrected chi connectivity index (χ2v) is 2.59. The number of nitrogens with zero attached hydrogens (tertiary/aromatic N) is 4. The molecular formula is C9H12N4S. The average molecular weight is 208 g/mol. The van der Waals surface area contributed by atoms with Crippen LogP contribution in [-0.2, 0) is 0 Å². The molecule has 0 aliphatic rings. The smallest absolute Gasteiger partial charge is 0.190 e. The van der Waals surface area contributed by atoms with Gasteiger partial charge in [0.25, 0.3) is 0 Å². The lowest BCUT2D eigenvalue weighted by molar-refractivity contribution is 1.03. The Morgan fingerprint density at radius 2 is 1.43 bits per heavy atom. The van der Waals surface area contributed by atoms with E-state index >= 15 is 0 Å². The van der Waals surface area contributed by atoms with Crippen molar-refractivity contribution in [2.45, 2.75) is 13.8 Å². The minimum atomic E-state index is 0.644. The second kappa shape index (κ2) is 5.29. The van der Waals surface area contributed by atoms with E-state index in [-0.39, 0.29) is 0 Å². The van der Waals surface area contributed by atoms with Crippen molar-refractivity contribution in [3.8, 4) is 0 Å². The number of aromatic nitrogens is 4. The number of hydrogen-bond donors (Lipinski definition) is 0. The Balaban J connectivity index is 0.000000461. The van der Waals surface area contributed by atoms with Gasteiger partial charge in [0.2, 0.25) is 0 Å². The summed E-state index contributed by atoms with van der Waals surface area (Å²) in [5.74, 6) is 0. The average Bonchev–Trinajstić information content (AvgIpc) is 2.93. The van der Waals surface area contributed by atoms with Crippen LogP contribution in [0.4, 0.5) is 0 Å². The maximum atomic E-state index is 5.14. The molecule has 2 heterocycles. The van der Waals surface area contributed by atoms with Crippen LogP contribution in [0.1, 0.15) is 13.8 Å². The Morgan fingerprint density at radius 1 is 1.00 bits per heavy atom. The van der Waals surface area contributed by atoms with Crippen LogP contribution < -0.4 is 0 Å². The van der Waals surface area contributed by atoms with Gasteiger partial charge in [-0.3, -0.25) is 9.13 Å². The second-order valence-electron chi connectivity index (χ2n) is 2.22. The minimum absolute atomic E-state index is 0.644. The van der Waals surface area contributed by atoms with Gasteiger partial charge in [0.05, 0.1) is 0 Å². The molecule has 74 valence electrons. The van der Waals surface area contributed by atoms with E-state index in [1.165, 1.54) is 0 Å². The molecule has 0 radical (unpaired) electrons. The van der Waals surface area contributed by atoms with E-state index in [2.05, 4.69) is 9.97 Å². The zero-order chi connectivity index (χ0) is 10.4. The van der Waals surface area contributed by atoms with Crippen molar-refractivity contribution in [2.75, 3.05) is 0 Å². The predicted molar refractivity (Wildman–Crippen MR) is 59.2 cm³/mol. The minimum Gasteiger partial charge on any atom is -0.282 e. The molecule has 0 aliphatic heterocycles. The Hall–Kier alpha value is -1.49. The highest BCUT2D eigenvalue weighted by atomic mass is 32.1. The molecule has 2 aromatic rings. The van der Waals surface area contributed by atoms with Crippen molar-refractivity contribution in [1.82, 2.24) is 19.1 Å². The molecule has 0 aliphatic carbocycles. The van der Waals surface area contributed by atoms with Gasteiger partial charge in [-0.25, -0.2) is 9.97 Å². The summed E-state index contributed by atoms with van der Waals surface area (Å²) in [7, 11) is 0. The fourth-order valence-electron chi connectivity index (χ4n) is 0.878. The van der Waals surface area contributed by atoms with Crippen molar-refractivity contribution in [2.24, 2.45) is 0 Å². The van der Waals surface area contributed by atoms with E-state index in [9.17, 15) is 0 Å². The SMILES string of the molecule is CC.S=C(n1ccnc1)n1ccnc1. The number of hydrogen-bond acceptors (Lipinski definition) is 3. The first-order chi connectivity index (χ1) is 6.88. The Morgan fingerprint density at radius 3 is 1.71 bits per heavy atom. The summed E-state index contributed by atoms with van der Waals surface area (Å²) >= 11 is 5.14. The molecular weight excluding hydrogens is 196 g/mol. The third kappa shape index (κ3) is 2.26. The van der Waals surface area contributed by atoms with Gasteiger partial charge < -0.3 is 0 Å². The molecule has 0 spiro atoms. The number of imidazole rings is 2. The lowest BCUT2D eigenvalue weighted by Gasteiger charge is -2.02.